The SMILES string of the molecule is C=CC(C=C)N=C(/C=C\N)C(=C)NC(C(=C)Nc1ccc(/C(C(C)=N)=C(\C)N)cc1)C(C1CC1)C1CC1. The van der Waals surface area contributed by atoms with Gasteiger partial charge in [-0.1, -0.05) is 37.4 Å². The van der Waals surface area contributed by atoms with Crippen LogP contribution in [0, 0.1) is 23.2 Å². The molecule has 0 spiro atoms. The van der Waals surface area contributed by atoms with E-state index in [-0.39, 0.29) is 12.1 Å². The minimum atomic E-state index is -0.230. The van der Waals surface area contributed by atoms with Gasteiger partial charge in [-0.25, -0.2) is 0 Å². The topological polar surface area (TPSA) is 112 Å². The van der Waals surface area contributed by atoms with Gasteiger partial charge in [-0.15, -0.1) is 13.2 Å². The van der Waals surface area contributed by atoms with Crippen LogP contribution in [0.1, 0.15) is 45.1 Å². The molecular formula is C31H42N6. The molecule has 1 aromatic rings. The Morgan fingerprint density at radius 2 is 1.62 bits per heavy atom. The van der Waals surface area contributed by atoms with Gasteiger partial charge in [0.25, 0.3) is 0 Å². The van der Waals surface area contributed by atoms with Gasteiger partial charge in [0.1, 0.15) is 0 Å². The molecule has 2 saturated carbocycles. The summed E-state index contributed by atoms with van der Waals surface area (Å²) in [6.07, 6.45) is 11.7. The van der Waals surface area contributed by atoms with E-state index < -0.39 is 0 Å². The van der Waals surface area contributed by atoms with Crippen molar-refractivity contribution in [3.8, 4) is 0 Å². The first-order chi connectivity index (χ1) is 17.7. The molecule has 6 nitrogen and oxygen atoms in total. The number of nitrogens with zero attached hydrogens (tertiary/aromatic N) is 1. The largest absolute Gasteiger partial charge is 0.405 e. The fraction of sp³-hybridized carbons (Fsp3) is 0.355. The zero-order chi connectivity index (χ0) is 27.1. The van der Waals surface area contributed by atoms with Crippen LogP contribution in [0.15, 0.2) is 97.1 Å². The average Bonchev–Trinajstić information content (AvgIpc) is 3.77. The second kappa shape index (κ2) is 12.4. The predicted octanol–water partition coefficient (Wildman–Crippen LogP) is 5.90. The van der Waals surface area contributed by atoms with E-state index in [2.05, 4.69) is 36.9 Å². The Hall–Kier alpha value is -3.80. The fourth-order valence-corrected chi connectivity index (χ4v) is 4.97. The van der Waals surface area contributed by atoms with Gasteiger partial charge in [-0.3, -0.25) is 4.99 Å². The lowest BCUT2D eigenvalue weighted by molar-refractivity contribution is 0.331. The van der Waals surface area contributed by atoms with Crippen molar-refractivity contribution < 1.29 is 0 Å². The highest BCUT2D eigenvalue weighted by molar-refractivity contribution is 6.21. The van der Waals surface area contributed by atoms with E-state index >= 15 is 0 Å². The molecule has 0 heterocycles. The summed E-state index contributed by atoms with van der Waals surface area (Å²) in [4.78, 5) is 4.70. The molecular weight excluding hydrogens is 456 g/mol. The fourth-order valence-electron chi connectivity index (χ4n) is 4.97. The Kier molecular flexibility index (Phi) is 9.34. The van der Waals surface area contributed by atoms with Crippen LogP contribution < -0.4 is 22.1 Å². The molecule has 1 atom stereocenters. The first-order valence-corrected chi connectivity index (χ1v) is 12.9. The molecule has 2 fully saturated rings. The lowest BCUT2D eigenvalue weighted by atomic mass is 9.87. The van der Waals surface area contributed by atoms with Crippen molar-refractivity contribution >= 4 is 22.7 Å². The van der Waals surface area contributed by atoms with Crippen molar-refractivity contribution in [1.82, 2.24) is 5.32 Å². The van der Waals surface area contributed by atoms with Gasteiger partial charge in [0.05, 0.1) is 23.5 Å². The van der Waals surface area contributed by atoms with Gasteiger partial charge in [0.15, 0.2) is 0 Å². The number of allylic oxidation sites excluding steroid dienone is 3. The summed E-state index contributed by atoms with van der Waals surface area (Å²) in [7, 11) is 0. The maximum Gasteiger partial charge on any atom is 0.0864 e. The summed E-state index contributed by atoms with van der Waals surface area (Å²) in [5.74, 6) is 1.85. The number of nitrogens with two attached hydrogens (primary N) is 2. The molecule has 0 radical (unpaired) electrons. The number of benzene rings is 1. The van der Waals surface area contributed by atoms with Crippen LogP contribution in [0.3, 0.4) is 0 Å². The molecule has 0 bridgehead atoms. The number of anilines is 1. The van der Waals surface area contributed by atoms with Crippen LogP contribution in [0.25, 0.3) is 5.57 Å². The second-order valence-corrected chi connectivity index (χ2v) is 10.1. The molecule has 0 aromatic heterocycles. The van der Waals surface area contributed by atoms with Gasteiger partial charge in [-0.2, -0.15) is 0 Å². The van der Waals surface area contributed by atoms with Crippen molar-refractivity contribution in [1.29, 1.82) is 5.41 Å². The smallest absolute Gasteiger partial charge is 0.0864 e. The van der Waals surface area contributed by atoms with Crippen LogP contribution in [0.2, 0.25) is 0 Å². The molecule has 0 saturated heterocycles. The van der Waals surface area contributed by atoms with E-state index in [0.717, 1.165) is 22.5 Å². The normalized spacial score (nSPS) is 17.4. The van der Waals surface area contributed by atoms with Crippen LogP contribution >= 0.6 is 0 Å². The van der Waals surface area contributed by atoms with Crippen molar-refractivity contribution in [3.63, 3.8) is 0 Å². The molecule has 0 amide bonds. The Labute approximate surface area is 222 Å². The maximum atomic E-state index is 8.06. The van der Waals surface area contributed by atoms with Crippen molar-refractivity contribution in [2.45, 2.75) is 51.6 Å². The number of aliphatic imine (C=N–C) groups is 1. The van der Waals surface area contributed by atoms with E-state index in [9.17, 15) is 0 Å². The molecule has 1 aromatic carbocycles. The second-order valence-electron chi connectivity index (χ2n) is 10.1. The Balaban J connectivity index is 1.85. The van der Waals surface area contributed by atoms with Gasteiger partial charge in [0.2, 0.25) is 0 Å². The number of hydrogen-bond acceptors (Lipinski definition) is 6. The lowest BCUT2D eigenvalue weighted by Crippen LogP contribution is -2.42. The standard InChI is InChI=1S/C31H42N6/c1-7-26(8-2)37-28(17-18-32)21(5)36-31(30(24-9-10-24)25-11-12-25)22(6)35-27-15-13-23(14-16-27)29(19(3)33)20(4)34/h7-8,13-18,24-26,30-31,33,35-36H,1-2,5-6,9-12,32,34H2,3-4H3/b18-17-,29-20+,33-19?,37-28?. The average molecular weight is 499 g/mol. The lowest BCUT2D eigenvalue weighted by Gasteiger charge is -2.32. The number of rotatable bonds is 15. The molecule has 3 rings (SSSR count). The maximum absolute atomic E-state index is 8.06. The molecule has 2 aliphatic carbocycles. The van der Waals surface area contributed by atoms with Crippen LogP contribution in [0.5, 0.6) is 0 Å². The quantitative estimate of drug-likeness (QED) is 0.153. The summed E-state index contributed by atoms with van der Waals surface area (Å²) in [6, 6.07) is 7.74. The third kappa shape index (κ3) is 7.35. The van der Waals surface area contributed by atoms with E-state index in [1.807, 2.05) is 31.2 Å². The Morgan fingerprint density at radius 1 is 1.05 bits per heavy atom. The minimum absolute atomic E-state index is 0.0139. The summed E-state index contributed by atoms with van der Waals surface area (Å²) in [6.45, 7) is 20.0. The van der Waals surface area contributed by atoms with Crippen LogP contribution in [0.4, 0.5) is 5.69 Å². The predicted molar refractivity (Wildman–Crippen MR) is 159 cm³/mol. The van der Waals surface area contributed by atoms with Gasteiger partial charge in [0, 0.05) is 28.4 Å². The first kappa shape index (κ1) is 27.8. The third-order valence-electron chi connectivity index (χ3n) is 7.00. The highest BCUT2D eigenvalue weighted by atomic mass is 15.0. The summed E-state index contributed by atoms with van der Waals surface area (Å²) < 4.78 is 0. The highest BCUT2D eigenvalue weighted by Crippen LogP contribution is 2.51. The van der Waals surface area contributed by atoms with Gasteiger partial charge in [-0.05, 0) is 87.3 Å². The molecule has 37 heavy (non-hydrogen) atoms. The molecule has 7 N–H and O–H groups in total. The molecule has 0 aliphatic heterocycles. The zero-order valence-electron chi connectivity index (χ0n) is 22.3. The van der Waals surface area contributed by atoms with Gasteiger partial charge >= 0.3 is 0 Å². The minimum Gasteiger partial charge on any atom is -0.405 e. The summed E-state index contributed by atoms with van der Waals surface area (Å²) >= 11 is 0. The van der Waals surface area contributed by atoms with E-state index in [1.165, 1.54) is 31.9 Å². The Bertz CT molecular complexity index is 1100. The monoisotopic (exact) mass is 498 g/mol. The number of nitrogens with one attached hydrogen (secondary N) is 3. The summed E-state index contributed by atoms with van der Waals surface area (Å²) in [5.41, 5.74) is 17.7. The third-order valence-corrected chi connectivity index (χ3v) is 7.00. The van der Waals surface area contributed by atoms with Crippen LogP contribution in [-0.4, -0.2) is 23.5 Å². The van der Waals surface area contributed by atoms with Crippen molar-refractivity contribution in [3.05, 3.63) is 97.7 Å². The highest BCUT2D eigenvalue weighted by Gasteiger charge is 2.46. The zero-order valence-corrected chi connectivity index (χ0v) is 22.3. The van der Waals surface area contributed by atoms with Gasteiger partial charge < -0.3 is 27.5 Å². The van der Waals surface area contributed by atoms with E-state index in [0.29, 0.717) is 40.6 Å². The molecule has 1 unspecified atom stereocenters. The number of hydrogen-bond donors (Lipinski definition) is 5. The first-order valence-electron chi connectivity index (χ1n) is 12.9. The van der Waals surface area contributed by atoms with Crippen LogP contribution in [-0.2, 0) is 0 Å². The van der Waals surface area contributed by atoms with E-state index in [4.69, 9.17) is 21.9 Å². The van der Waals surface area contributed by atoms with Crippen molar-refractivity contribution in [2.24, 2.45) is 34.2 Å². The van der Waals surface area contributed by atoms with E-state index in [1.54, 1.807) is 25.2 Å². The van der Waals surface area contributed by atoms with Crippen molar-refractivity contribution in [2.75, 3.05) is 5.32 Å². The Morgan fingerprint density at radius 3 is 2.05 bits per heavy atom. The summed E-state index contributed by atoms with van der Waals surface area (Å²) in [5, 5.41) is 15.3. The molecule has 2 aliphatic rings. The molecule has 6 heteroatoms. The molecule has 196 valence electrons.